The van der Waals surface area contributed by atoms with E-state index in [2.05, 4.69) is 22.5 Å². The molecule has 0 atom stereocenters. The van der Waals surface area contributed by atoms with Gasteiger partial charge in [0.1, 0.15) is 5.75 Å². The third kappa shape index (κ3) is 5.26. The van der Waals surface area contributed by atoms with Crippen molar-refractivity contribution >= 4 is 11.6 Å². The molecule has 1 heterocycles. The van der Waals surface area contributed by atoms with Crippen molar-refractivity contribution in [2.24, 2.45) is 0 Å². The Balaban J connectivity index is 1.92. The Hall–Kier alpha value is -2.56. The molecule has 0 saturated heterocycles. The minimum atomic E-state index is -0.148. The Bertz CT molecular complexity index is 659. The summed E-state index contributed by atoms with van der Waals surface area (Å²) < 4.78 is 5.29. The first kappa shape index (κ1) is 17.8. The highest BCUT2D eigenvalue weighted by atomic mass is 16.5. The molecule has 0 spiro atoms. The molecule has 5 nitrogen and oxygen atoms in total. The molecule has 128 valence electrons. The maximum atomic E-state index is 12.3. The van der Waals surface area contributed by atoms with Crippen molar-refractivity contribution in [2.75, 3.05) is 19.0 Å². The highest BCUT2D eigenvalue weighted by Crippen LogP contribution is 2.17. The fourth-order valence-electron chi connectivity index (χ4n) is 2.40. The summed E-state index contributed by atoms with van der Waals surface area (Å²) in [5, 5.41) is 6.21. The molecule has 0 bridgehead atoms. The standard InChI is InChI=1S/C19H25N3O2/c1-3-4-7-10-21-17-11-16(12-20-14-17)19(23)22-13-15-8-5-6-9-18(15)24-2/h5-6,8-9,11-12,14,21H,3-4,7,10,13H2,1-2H3,(H,22,23). The zero-order valence-electron chi connectivity index (χ0n) is 14.3. The summed E-state index contributed by atoms with van der Waals surface area (Å²) in [6.45, 7) is 3.48. The number of carbonyl (C=O) groups excluding carboxylic acids is 1. The maximum absolute atomic E-state index is 12.3. The Labute approximate surface area is 143 Å². The molecule has 2 rings (SSSR count). The number of unbranched alkanes of at least 4 members (excludes halogenated alkanes) is 2. The lowest BCUT2D eigenvalue weighted by molar-refractivity contribution is 0.0950. The Morgan fingerprint density at radius 1 is 1.21 bits per heavy atom. The monoisotopic (exact) mass is 327 g/mol. The molecule has 0 aliphatic heterocycles. The van der Waals surface area contributed by atoms with Gasteiger partial charge in [0.05, 0.1) is 18.4 Å². The average molecular weight is 327 g/mol. The number of carbonyl (C=O) groups is 1. The van der Waals surface area contributed by atoms with Crippen molar-refractivity contribution in [1.82, 2.24) is 10.3 Å². The van der Waals surface area contributed by atoms with Gasteiger partial charge in [-0.1, -0.05) is 38.0 Å². The molecular weight excluding hydrogens is 302 g/mol. The van der Waals surface area contributed by atoms with Crippen molar-refractivity contribution in [3.05, 3.63) is 53.9 Å². The molecule has 0 saturated carbocycles. The largest absolute Gasteiger partial charge is 0.496 e. The van der Waals surface area contributed by atoms with Crippen LogP contribution < -0.4 is 15.4 Å². The van der Waals surface area contributed by atoms with Crippen LogP contribution in [0, 0.1) is 0 Å². The van der Waals surface area contributed by atoms with E-state index in [0.29, 0.717) is 12.1 Å². The molecule has 0 unspecified atom stereocenters. The number of hydrogen-bond acceptors (Lipinski definition) is 4. The van der Waals surface area contributed by atoms with Crippen molar-refractivity contribution < 1.29 is 9.53 Å². The van der Waals surface area contributed by atoms with E-state index in [9.17, 15) is 4.79 Å². The van der Waals surface area contributed by atoms with Crippen molar-refractivity contribution in [1.29, 1.82) is 0 Å². The van der Waals surface area contributed by atoms with Crippen LogP contribution in [0.2, 0.25) is 0 Å². The Morgan fingerprint density at radius 3 is 2.83 bits per heavy atom. The quantitative estimate of drug-likeness (QED) is 0.691. The molecule has 0 aliphatic carbocycles. The first-order chi connectivity index (χ1) is 11.7. The van der Waals surface area contributed by atoms with Crippen molar-refractivity contribution in [2.45, 2.75) is 32.7 Å². The van der Waals surface area contributed by atoms with Crippen LogP contribution in [-0.4, -0.2) is 24.5 Å². The number of ether oxygens (including phenoxy) is 1. The topological polar surface area (TPSA) is 63.2 Å². The smallest absolute Gasteiger partial charge is 0.253 e. The van der Waals surface area contributed by atoms with E-state index in [1.165, 1.54) is 12.8 Å². The summed E-state index contributed by atoms with van der Waals surface area (Å²) in [5.74, 6) is 0.618. The number of nitrogens with zero attached hydrogens (tertiary/aromatic N) is 1. The van der Waals surface area contributed by atoms with Crippen LogP contribution in [0.1, 0.15) is 42.1 Å². The van der Waals surface area contributed by atoms with Crippen LogP contribution in [0.25, 0.3) is 0 Å². The number of anilines is 1. The van der Waals surface area contributed by atoms with Gasteiger partial charge in [0.15, 0.2) is 0 Å². The molecule has 0 aliphatic rings. The van der Waals surface area contributed by atoms with Gasteiger partial charge in [-0.15, -0.1) is 0 Å². The molecule has 1 amide bonds. The highest BCUT2D eigenvalue weighted by molar-refractivity contribution is 5.94. The normalized spacial score (nSPS) is 10.2. The summed E-state index contributed by atoms with van der Waals surface area (Å²) in [6.07, 6.45) is 6.81. The number of aromatic nitrogens is 1. The van der Waals surface area contributed by atoms with Gasteiger partial charge in [-0.25, -0.2) is 0 Å². The number of rotatable bonds is 9. The minimum absolute atomic E-state index is 0.148. The van der Waals surface area contributed by atoms with Crippen molar-refractivity contribution in [3.8, 4) is 5.75 Å². The second-order valence-corrected chi connectivity index (χ2v) is 5.59. The number of benzene rings is 1. The van der Waals surface area contributed by atoms with Gasteiger partial charge in [0, 0.05) is 31.0 Å². The molecule has 2 aromatic rings. The lowest BCUT2D eigenvalue weighted by Crippen LogP contribution is -2.23. The number of para-hydroxylation sites is 1. The summed E-state index contributed by atoms with van der Waals surface area (Å²) in [7, 11) is 1.62. The third-order valence-electron chi connectivity index (χ3n) is 3.74. The first-order valence-corrected chi connectivity index (χ1v) is 8.33. The van der Waals surface area contributed by atoms with Crippen LogP contribution in [0.15, 0.2) is 42.7 Å². The van der Waals surface area contributed by atoms with E-state index in [1.54, 1.807) is 19.5 Å². The number of methoxy groups -OCH3 is 1. The number of amides is 1. The number of pyridine rings is 1. The zero-order valence-corrected chi connectivity index (χ0v) is 14.3. The van der Waals surface area contributed by atoms with E-state index < -0.39 is 0 Å². The van der Waals surface area contributed by atoms with Gasteiger partial charge in [-0.2, -0.15) is 0 Å². The van der Waals surface area contributed by atoms with Gasteiger partial charge in [-0.05, 0) is 18.6 Å². The molecule has 5 heteroatoms. The predicted molar refractivity (Wildman–Crippen MR) is 96.4 cm³/mol. The second-order valence-electron chi connectivity index (χ2n) is 5.59. The molecule has 24 heavy (non-hydrogen) atoms. The molecule has 0 fully saturated rings. The number of nitrogens with one attached hydrogen (secondary N) is 2. The van der Waals surface area contributed by atoms with Gasteiger partial charge in [-0.3, -0.25) is 9.78 Å². The lowest BCUT2D eigenvalue weighted by atomic mass is 10.2. The van der Waals surface area contributed by atoms with Crippen LogP contribution in [0.3, 0.4) is 0 Å². The van der Waals surface area contributed by atoms with Gasteiger partial charge in [0.25, 0.3) is 5.91 Å². The van der Waals surface area contributed by atoms with Gasteiger partial charge in [0.2, 0.25) is 0 Å². The van der Waals surface area contributed by atoms with E-state index in [1.807, 2.05) is 30.3 Å². The van der Waals surface area contributed by atoms with E-state index in [4.69, 9.17) is 4.74 Å². The summed E-state index contributed by atoms with van der Waals surface area (Å²) >= 11 is 0. The van der Waals surface area contributed by atoms with Gasteiger partial charge >= 0.3 is 0 Å². The molecular formula is C19H25N3O2. The van der Waals surface area contributed by atoms with Crippen LogP contribution >= 0.6 is 0 Å². The second kappa shape index (κ2) is 9.55. The first-order valence-electron chi connectivity index (χ1n) is 8.33. The molecule has 1 aromatic carbocycles. The highest BCUT2D eigenvalue weighted by Gasteiger charge is 2.08. The predicted octanol–water partition coefficient (Wildman–Crippen LogP) is 3.62. The Kier molecular flexibility index (Phi) is 7.08. The molecule has 2 N–H and O–H groups in total. The molecule has 1 aromatic heterocycles. The average Bonchev–Trinajstić information content (AvgIpc) is 2.63. The maximum Gasteiger partial charge on any atom is 0.253 e. The van der Waals surface area contributed by atoms with Crippen LogP contribution in [-0.2, 0) is 6.54 Å². The summed E-state index contributed by atoms with van der Waals surface area (Å²) in [5.41, 5.74) is 2.36. The van der Waals surface area contributed by atoms with Gasteiger partial charge < -0.3 is 15.4 Å². The third-order valence-corrected chi connectivity index (χ3v) is 3.74. The summed E-state index contributed by atoms with van der Waals surface area (Å²) in [4.78, 5) is 16.5. The Morgan fingerprint density at radius 2 is 2.04 bits per heavy atom. The minimum Gasteiger partial charge on any atom is -0.496 e. The lowest BCUT2D eigenvalue weighted by Gasteiger charge is -2.10. The fraction of sp³-hybridized carbons (Fsp3) is 0.368. The van der Waals surface area contributed by atoms with Crippen LogP contribution in [0.4, 0.5) is 5.69 Å². The van der Waals surface area contributed by atoms with Crippen LogP contribution in [0.5, 0.6) is 5.75 Å². The van der Waals surface area contributed by atoms with E-state index >= 15 is 0 Å². The molecule has 0 radical (unpaired) electrons. The van der Waals surface area contributed by atoms with E-state index in [-0.39, 0.29) is 5.91 Å². The fourth-order valence-corrected chi connectivity index (χ4v) is 2.40. The summed E-state index contributed by atoms with van der Waals surface area (Å²) in [6, 6.07) is 9.47. The van der Waals surface area contributed by atoms with Crippen molar-refractivity contribution in [3.63, 3.8) is 0 Å². The van der Waals surface area contributed by atoms with E-state index in [0.717, 1.165) is 30.0 Å². The SMILES string of the molecule is CCCCCNc1cncc(C(=O)NCc2ccccc2OC)c1. The zero-order chi connectivity index (χ0) is 17.2. The number of hydrogen-bond donors (Lipinski definition) is 2.